The lowest BCUT2D eigenvalue weighted by molar-refractivity contribution is -0.163. The average Bonchev–Trinajstić information content (AvgIpc) is 2.98. The van der Waals surface area contributed by atoms with Gasteiger partial charge in [-0.1, -0.05) is 12.8 Å². The molecule has 4 atom stereocenters. The zero-order chi connectivity index (χ0) is 22.0. The lowest BCUT2D eigenvalue weighted by atomic mass is 9.81. The quantitative estimate of drug-likeness (QED) is 0.530. The molecule has 1 aliphatic heterocycles. The summed E-state index contributed by atoms with van der Waals surface area (Å²) in [7, 11) is 0. The predicted molar refractivity (Wildman–Crippen MR) is 106 cm³/mol. The molecule has 30 heavy (non-hydrogen) atoms. The van der Waals surface area contributed by atoms with Gasteiger partial charge in [-0.3, -0.25) is 24.1 Å². The number of carbonyl (C=O) groups excluding carboxylic acids is 5. The van der Waals surface area contributed by atoms with Gasteiger partial charge in [0.2, 0.25) is 17.7 Å². The van der Waals surface area contributed by atoms with Crippen LogP contribution in [0.4, 0.5) is 5.69 Å². The number of nitrogens with zero attached hydrogens (tertiary/aromatic N) is 1. The molecule has 9 nitrogen and oxygen atoms in total. The standard InChI is InChI=1S/C21H25N3O6/c1-11(24-19(27)15-5-3-4-6-16(15)20(24)28)21(29)30-12(2)18(26)23-14-9-7-13(8-10-14)17(22)25/h7-12,15-16H,3-6H2,1-2H3,(H2,22,25)(H,23,26)/t11-,12-,15-,16+/m1/s1. The van der Waals surface area contributed by atoms with E-state index in [2.05, 4.69) is 5.32 Å². The number of likely N-dealkylation sites (tertiary alicyclic amines) is 1. The maximum absolute atomic E-state index is 12.6. The van der Waals surface area contributed by atoms with Gasteiger partial charge in [-0.15, -0.1) is 0 Å². The number of primary amides is 1. The SMILES string of the molecule is C[C@H](C(=O)O[C@H](C)C(=O)Nc1ccc(C(N)=O)cc1)N1C(=O)[C@H]2CCCC[C@H]2C1=O. The number of nitrogens with one attached hydrogen (secondary N) is 1. The van der Waals surface area contributed by atoms with E-state index in [1.54, 1.807) is 0 Å². The Morgan fingerprint density at radius 3 is 2.07 bits per heavy atom. The van der Waals surface area contributed by atoms with Gasteiger partial charge in [-0.05, 0) is 51.0 Å². The third-order valence-electron chi connectivity index (χ3n) is 5.70. The lowest BCUT2D eigenvalue weighted by Crippen LogP contribution is -2.46. The second-order valence-electron chi connectivity index (χ2n) is 7.73. The topological polar surface area (TPSA) is 136 Å². The van der Waals surface area contributed by atoms with E-state index in [1.165, 1.54) is 38.1 Å². The minimum absolute atomic E-state index is 0.293. The Hall–Kier alpha value is -3.23. The van der Waals surface area contributed by atoms with E-state index in [0.717, 1.165) is 17.7 Å². The Morgan fingerprint density at radius 1 is 1.03 bits per heavy atom. The van der Waals surface area contributed by atoms with Crippen molar-refractivity contribution in [3.63, 3.8) is 0 Å². The molecule has 4 amide bonds. The molecule has 0 aromatic heterocycles. The predicted octanol–water partition coefficient (Wildman–Crippen LogP) is 1.22. The Morgan fingerprint density at radius 2 is 1.57 bits per heavy atom. The molecule has 3 N–H and O–H groups in total. The third-order valence-corrected chi connectivity index (χ3v) is 5.70. The number of benzene rings is 1. The van der Waals surface area contributed by atoms with Crippen LogP contribution in [0.15, 0.2) is 24.3 Å². The first kappa shape index (κ1) is 21.5. The Bertz CT molecular complexity index is 857. The smallest absolute Gasteiger partial charge is 0.329 e. The first-order chi connectivity index (χ1) is 14.2. The van der Waals surface area contributed by atoms with Gasteiger partial charge in [0.15, 0.2) is 6.10 Å². The number of amides is 4. The fraction of sp³-hybridized carbons (Fsp3) is 0.476. The highest BCUT2D eigenvalue weighted by molar-refractivity contribution is 6.08. The number of imide groups is 1. The van der Waals surface area contributed by atoms with E-state index in [1.807, 2.05) is 0 Å². The Balaban J connectivity index is 1.59. The average molecular weight is 415 g/mol. The maximum atomic E-state index is 12.6. The van der Waals surface area contributed by atoms with Crippen LogP contribution in [0.2, 0.25) is 0 Å². The zero-order valence-corrected chi connectivity index (χ0v) is 16.9. The number of carbonyl (C=O) groups is 5. The second kappa shape index (κ2) is 8.64. The van der Waals surface area contributed by atoms with Crippen LogP contribution in [0.5, 0.6) is 0 Å². The molecule has 0 bridgehead atoms. The first-order valence-corrected chi connectivity index (χ1v) is 9.99. The van der Waals surface area contributed by atoms with Crippen molar-refractivity contribution in [1.29, 1.82) is 0 Å². The molecule has 3 rings (SSSR count). The minimum Gasteiger partial charge on any atom is -0.451 e. The van der Waals surface area contributed by atoms with Crippen LogP contribution in [0, 0.1) is 11.8 Å². The Kier molecular flexibility index (Phi) is 6.19. The van der Waals surface area contributed by atoms with Crippen molar-refractivity contribution in [3.05, 3.63) is 29.8 Å². The molecular weight excluding hydrogens is 390 g/mol. The molecule has 0 unspecified atom stereocenters. The van der Waals surface area contributed by atoms with E-state index in [-0.39, 0.29) is 23.7 Å². The molecule has 1 saturated carbocycles. The number of hydrogen-bond acceptors (Lipinski definition) is 6. The molecule has 9 heteroatoms. The molecule has 1 aromatic carbocycles. The summed E-state index contributed by atoms with van der Waals surface area (Å²) in [5.41, 5.74) is 5.86. The molecule has 1 saturated heterocycles. The third kappa shape index (κ3) is 4.19. The van der Waals surface area contributed by atoms with Gasteiger partial charge >= 0.3 is 5.97 Å². The van der Waals surface area contributed by atoms with Crippen LogP contribution in [-0.2, 0) is 23.9 Å². The summed E-state index contributed by atoms with van der Waals surface area (Å²) >= 11 is 0. The van der Waals surface area contributed by atoms with E-state index < -0.39 is 29.9 Å². The molecule has 1 aliphatic carbocycles. The Labute approximate surface area is 173 Å². The summed E-state index contributed by atoms with van der Waals surface area (Å²) in [5.74, 6) is -3.37. The van der Waals surface area contributed by atoms with Crippen LogP contribution in [0.1, 0.15) is 49.9 Å². The number of anilines is 1. The fourth-order valence-electron chi connectivity index (χ4n) is 3.96. The summed E-state index contributed by atoms with van der Waals surface area (Å²) in [4.78, 5) is 62.2. The van der Waals surface area contributed by atoms with Gasteiger partial charge in [-0.2, -0.15) is 0 Å². The van der Waals surface area contributed by atoms with E-state index in [9.17, 15) is 24.0 Å². The number of ether oxygens (including phenoxy) is 1. The van der Waals surface area contributed by atoms with Crippen LogP contribution >= 0.6 is 0 Å². The first-order valence-electron chi connectivity index (χ1n) is 9.99. The fourth-order valence-corrected chi connectivity index (χ4v) is 3.96. The van der Waals surface area contributed by atoms with E-state index in [4.69, 9.17) is 10.5 Å². The van der Waals surface area contributed by atoms with Gasteiger partial charge in [0, 0.05) is 11.3 Å². The number of fused-ring (bicyclic) bond motifs is 1. The van der Waals surface area contributed by atoms with Gasteiger partial charge in [0.25, 0.3) is 5.91 Å². The summed E-state index contributed by atoms with van der Waals surface area (Å²) < 4.78 is 5.20. The van der Waals surface area contributed by atoms with Gasteiger partial charge in [0.05, 0.1) is 11.8 Å². The van der Waals surface area contributed by atoms with Crippen molar-refractivity contribution < 1.29 is 28.7 Å². The normalized spacial score (nSPS) is 22.8. The molecule has 1 aromatic rings. The van der Waals surface area contributed by atoms with Gasteiger partial charge < -0.3 is 15.8 Å². The number of esters is 1. The van der Waals surface area contributed by atoms with Crippen LogP contribution in [0.3, 0.4) is 0 Å². The zero-order valence-electron chi connectivity index (χ0n) is 16.9. The van der Waals surface area contributed by atoms with Crippen molar-refractivity contribution in [2.45, 2.75) is 51.7 Å². The van der Waals surface area contributed by atoms with Crippen LogP contribution in [0.25, 0.3) is 0 Å². The van der Waals surface area contributed by atoms with Crippen molar-refractivity contribution in [2.24, 2.45) is 17.6 Å². The summed E-state index contributed by atoms with van der Waals surface area (Å²) in [5, 5.41) is 2.56. The largest absolute Gasteiger partial charge is 0.451 e. The second-order valence-corrected chi connectivity index (χ2v) is 7.73. The van der Waals surface area contributed by atoms with Gasteiger partial charge in [0.1, 0.15) is 6.04 Å². The highest BCUT2D eigenvalue weighted by Gasteiger charge is 2.51. The summed E-state index contributed by atoms with van der Waals surface area (Å²) in [6, 6.07) is 4.82. The van der Waals surface area contributed by atoms with Gasteiger partial charge in [-0.25, -0.2) is 4.79 Å². The number of nitrogens with two attached hydrogens (primary N) is 1. The van der Waals surface area contributed by atoms with E-state index >= 15 is 0 Å². The molecular formula is C21H25N3O6. The highest BCUT2D eigenvalue weighted by atomic mass is 16.5. The summed E-state index contributed by atoms with van der Waals surface area (Å²) in [6.07, 6.45) is 1.95. The van der Waals surface area contributed by atoms with Crippen LogP contribution in [-0.4, -0.2) is 46.6 Å². The van der Waals surface area contributed by atoms with Crippen molar-refractivity contribution in [2.75, 3.05) is 5.32 Å². The number of hydrogen-bond donors (Lipinski definition) is 2. The maximum Gasteiger partial charge on any atom is 0.329 e. The monoisotopic (exact) mass is 415 g/mol. The molecule has 1 heterocycles. The minimum atomic E-state index is -1.15. The van der Waals surface area contributed by atoms with Crippen molar-refractivity contribution in [3.8, 4) is 0 Å². The molecule has 2 fully saturated rings. The molecule has 0 spiro atoms. The summed E-state index contributed by atoms with van der Waals surface area (Å²) in [6.45, 7) is 2.83. The van der Waals surface area contributed by atoms with Crippen molar-refractivity contribution >= 4 is 35.3 Å². The lowest BCUT2D eigenvalue weighted by Gasteiger charge is -2.23. The van der Waals surface area contributed by atoms with Crippen LogP contribution < -0.4 is 11.1 Å². The molecule has 2 aliphatic rings. The highest BCUT2D eigenvalue weighted by Crippen LogP contribution is 2.38. The molecule has 160 valence electrons. The van der Waals surface area contributed by atoms with E-state index in [0.29, 0.717) is 24.1 Å². The number of rotatable bonds is 6. The van der Waals surface area contributed by atoms with Crippen molar-refractivity contribution in [1.82, 2.24) is 4.90 Å². The molecule has 0 radical (unpaired) electrons.